The van der Waals surface area contributed by atoms with E-state index in [1.165, 1.54) is 11.1 Å². The van der Waals surface area contributed by atoms with E-state index < -0.39 is 0 Å². The second-order valence-corrected chi connectivity index (χ2v) is 5.59. The van der Waals surface area contributed by atoms with Crippen LogP contribution in [0.5, 0.6) is 0 Å². The number of amides is 1. The fourth-order valence-corrected chi connectivity index (χ4v) is 2.88. The Morgan fingerprint density at radius 1 is 1.10 bits per heavy atom. The monoisotopic (exact) mass is 281 g/mol. The van der Waals surface area contributed by atoms with E-state index >= 15 is 0 Å². The highest BCUT2D eigenvalue weighted by Gasteiger charge is 2.16. The number of carbonyl (C=O) groups excluding carboxylic acids is 1. The van der Waals surface area contributed by atoms with E-state index in [2.05, 4.69) is 32.0 Å². The Labute approximate surface area is 127 Å². The number of hydrogen-bond acceptors (Lipinski definition) is 1. The highest BCUT2D eigenvalue weighted by Crippen LogP contribution is 2.28. The van der Waals surface area contributed by atoms with Crippen LogP contribution >= 0.6 is 0 Å². The number of nitrogens with two attached hydrogens (primary N) is 1. The smallest absolute Gasteiger partial charge is 0.248 e. The van der Waals surface area contributed by atoms with Gasteiger partial charge in [0, 0.05) is 5.56 Å². The molecule has 2 rings (SSSR count). The molecule has 2 aromatic carbocycles. The molecule has 0 saturated heterocycles. The maximum absolute atomic E-state index is 11.8. The minimum atomic E-state index is -0.341. The first-order valence-electron chi connectivity index (χ1n) is 7.59. The first-order valence-corrected chi connectivity index (χ1v) is 7.59. The summed E-state index contributed by atoms with van der Waals surface area (Å²) in [6.45, 7) is 4.41. The number of benzene rings is 2. The third kappa shape index (κ3) is 3.72. The zero-order valence-corrected chi connectivity index (χ0v) is 12.8. The van der Waals surface area contributed by atoms with Crippen LogP contribution in [0.15, 0.2) is 48.5 Å². The van der Waals surface area contributed by atoms with Crippen LogP contribution in [0.4, 0.5) is 0 Å². The lowest BCUT2D eigenvalue weighted by Crippen LogP contribution is -2.16. The average molecular weight is 281 g/mol. The Balaban J connectivity index is 2.46. The molecule has 0 aliphatic heterocycles. The highest BCUT2D eigenvalue weighted by atomic mass is 16.1. The zero-order valence-electron chi connectivity index (χ0n) is 12.8. The molecule has 2 N–H and O–H groups in total. The van der Waals surface area contributed by atoms with E-state index in [0.29, 0.717) is 11.5 Å². The second-order valence-electron chi connectivity index (χ2n) is 5.59. The minimum Gasteiger partial charge on any atom is -0.366 e. The van der Waals surface area contributed by atoms with Crippen LogP contribution in [0, 0.1) is 0 Å². The molecule has 0 aliphatic carbocycles. The Morgan fingerprint density at radius 3 is 2.43 bits per heavy atom. The van der Waals surface area contributed by atoms with Gasteiger partial charge in [0.15, 0.2) is 0 Å². The molecule has 0 bridgehead atoms. The van der Waals surface area contributed by atoms with Crippen molar-refractivity contribution in [2.45, 2.75) is 39.0 Å². The largest absolute Gasteiger partial charge is 0.366 e. The maximum Gasteiger partial charge on any atom is 0.248 e. The molecule has 1 atom stereocenters. The molecule has 0 aliphatic rings. The summed E-state index contributed by atoms with van der Waals surface area (Å²) in [5, 5.41) is 0. The van der Waals surface area contributed by atoms with Crippen LogP contribution in [0.3, 0.4) is 0 Å². The summed E-state index contributed by atoms with van der Waals surface area (Å²) in [5.74, 6) is 0.0968. The normalized spacial score (nSPS) is 12.1. The standard InChI is InChI=1S/C19H23NO/c1-3-8-14(2)16-11-7-12-17(19(20)21)18(16)13-15-9-5-4-6-10-15/h4-7,9-12,14H,3,8,13H2,1-2H3,(H2,20,21). The minimum absolute atomic E-state index is 0.341. The molecule has 0 radical (unpaired) electrons. The number of hydrogen-bond donors (Lipinski definition) is 1. The second kappa shape index (κ2) is 7.07. The van der Waals surface area contributed by atoms with Crippen molar-refractivity contribution in [3.05, 3.63) is 70.8 Å². The van der Waals surface area contributed by atoms with Gasteiger partial charge in [-0.05, 0) is 41.5 Å². The Hall–Kier alpha value is -2.09. The summed E-state index contributed by atoms with van der Waals surface area (Å²) < 4.78 is 0. The molecule has 110 valence electrons. The van der Waals surface area contributed by atoms with Crippen molar-refractivity contribution in [2.24, 2.45) is 5.73 Å². The fourth-order valence-electron chi connectivity index (χ4n) is 2.88. The van der Waals surface area contributed by atoms with E-state index in [4.69, 9.17) is 5.73 Å². The molecule has 0 heterocycles. The molecule has 0 fully saturated rings. The lowest BCUT2D eigenvalue weighted by molar-refractivity contribution is 0.0999. The SMILES string of the molecule is CCCC(C)c1cccc(C(N)=O)c1Cc1ccccc1. The van der Waals surface area contributed by atoms with Crippen molar-refractivity contribution in [3.63, 3.8) is 0 Å². The van der Waals surface area contributed by atoms with Crippen LogP contribution in [0.25, 0.3) is 0 Å². The fraction of sp³-hybridized carbons (Fsp3) is 0.316. The van der Waals surface area contributed by atoms with E-state index in [1.54, 1.807) is 0 Å². The average Bonchev–Trinajstić information content (AvgIpc) is 2.48. The molecule has 2 heteroatoms. The summed E-state index contributed by atoms with van der Waals surface area (Å²) in [6.07, 6.45) is 3.00. The lowest BCUT2D eigenvalue weighted by Gasteiger charge is -2.18. The van der Waals surface area contributed by atoms with E-state index in [-0.39, 0.29) is 5.91 Å². The molecular formula is C19H23NO. The first-order chi connectivity index (χ1) is 10.1. The quantitative estimate of drug-likeness (QED) is 0.843. The van der Waals surface area contributed by atoms with Gasteiger partial charge in [0.2, 0.25) is 5.91 Å². The van der Waals surface area contributed by atoms with Crippen LogP contribution < -0.4 is 5.73 Å². The molecule has 2 aromatic rings. The van der Waals surface area contributed by atoms with Gasteiger partial charge in [-0.3, -0.25) is 4.79 Å². The van der Waals surface area contributed by atoms with Crippen molar-refractivity contribution >= 4 is 5.91 Å². The molecule has 2 nitrogen and oxygen atoms in total. The van der Waals surface area contributed by atoms with Crippen molar-refractivity contribution < 1.29 is 4.79 Å². The van der Waals surface area contributed by atoms with Gasteiger partial charge in [-0.2, -0.15) is 0 Å². The van der Waals surface area contributed by atoms with Crippen molar-refractivity contribution in [1.82, 2.24) is 0 Å². The van der Waals surface area contributed by atoms with Crippen LogP contribution in [0.1, 0.15) is 59.7 Å². The van der Waals surface area contributed by atoms with Gasteiger partial charge >= 0.3 is 0 Å². The van der Waals surface area contributed by atoms with Crippen molar-refractivity contribution in [1.29, 1.82) is 0 Å². The number of rotatable bonds is 6. The summed E-state index contributed by atoms with van der Waals surface area (Å²) in [5.41, 5.74) is 9.76. The molecule has 0 spiro atoms. The third-order valence-corrected chi connectivity index (χ3v) is 3.95. The highest BCUT2D eigenvalue weighted by molar-refractivity contribution is 5.94. The predicted octanol–water partition coefficient (Wildman–Crippen LogP) is 4.28. The van der Waals surface area contributed by atoms with Gasteiger partial charge in [-0.1, -0.05) is 62.7 Å². The Morgan fingerprint density at radius 2 is 1.81 bits per heavy atom. The molecule has 21 heavy (non-hydrogen) atoms. The lowest BCUT2D eigenvalue weighted by atomic mass is 9.86. The third-order valence-electron chi connectivity index (χ3n) is 3.95. The topological polar surface area (TPSA) is 43.1 Å². The molecule has 0 saturated carbocycles. The van der Waals surface area contributed by atoms with Crippen LogP contribution in [0.2, 0.25) is 0 Å². The Bertz CT molecular complexity index is 604. The van der Waals surface area contributed by atoms with Gasteiger partial charge in [-0.15, -0.1) is 0 Å². The van der Waals surface area contributed by atoms with E-state index in [1.807, 2.05) is 30.3 Å². The van der Waals surface area contributed by atoms with Crippen molar-refractivity contribution in [2.75, 3.05) is 0 Å². The summed E-state index contributed by atoms with van der Waals surface area (Å²) in [6, 6.07) is 16.1. The molecular weight excluding hydrogens is 258 g/mol. The number of carbonyl (C=O) groups is 1. The zero-order chi connectivity index (χ0) is 15.2. The van der Waals surface area contributed by atoms with Gasteiger partial charge in [0.05, 0.1) is 0 Å². The maximum atomic E-state index is 11.8. The van der Waals surface area contributed by atoms with Crippen molar-refractivity contribution in [3.8, 4) is 0 Å². The van der Waals surface area contributed by atoms with Crippen LogP contribution in [-0.2, 0) is 6.42 Å². The molecule has 0 aromatic heterocycles. The summed E-state index contributed by atoms with van der Waals surface area (Å²) >= 11 is 0. The number of primary amides is 1. The molecule has 1 amide bonds. The van der Waals surface area contributed by atoms with E-state index in [0.717, 1.165) is 24.8 Å². The van der Waals surface area contributed by atoms with Gasteiger partial charge in [0.1, 0.15) is 0 Å². The van der Waals surface area contributed by atoms with Gasteiger partial charge in [-0.25, -0.2) is 0 Å². The summed E-state index contributed by atoms with van der Waals surface area (Å²) in [7, 11) is 0. The van der Waals surface area contributed by atoms with Gasteiger partial charge in [0.25, 0.3) is 0 Å². The first kappa shape index (κ1) is 15.3. The molecule has 1 unspecified atom stereocenters. The van der Waals surface area contributed by atoms with Gasteiger partial charge < -0.3 is 5.73 Å². The van der Waals surface area contributed by atoms with Crippen LogP contribution in [-0.4, -0.2) is 5.91 Å². The van der Waals surface area contributed by atoms with E-state index in [9.17, 15) is 4.79 Å². The Kier molecular flexibility index (Phi) is 5.15. The summed E-state index contributed by atoms with van der Waals surface area (Å²) in [4.78, 5) is 11.8. The predicted molar refractivity (Wildman–Crippen MR) is 87.5 cm³/mol.